The number of pyridine rings is 2. The Morgan fingerprint density at radius 3 is 2.79 bits per heavy atom. The van der Waals surface area contributed by atoms with Crippen molar-refractivity contribution >= 4 is 35.2 Å². The van der Waals surface area contributed by atoms with E-state index in [1.54, 1.807) is 30.1 Å². The number of thioether (sulfide) groups is 1. The maximum absolute atomic E-state index is 5.88. The summed E-state index contributed by atoms with van der Waals surface area (Å²) >= 11 is 7.57. The van der Waals surface area contributed by atoms with Crippen LogP contribution >= 0.6 is 23.4 Å². The summed E-state index contributed by atoms with van der Waals surface area (Å²) in [5.41, 5.74) is 2.76. The van der Waals surface area contributed by atoms with Gasteiger partial charge in [0.2, 0.25) is 0 Å². The standard InChI is InChI=1S/C17H17ClN4OS/c1-11-15(23-13-6-7-19-16(18)8-13)5-4-14(21-11)12-9-20-17(24-3)22(2)10-12/h4-10,17H,1-3H3. The molecule has 0 aromatic carbocycles. The molecule has 0 amide bonds. The molecule has 5 nitrogen and oxygen atoms in total. The number of aliphatic imine (C=N–C) groups is 1. The third-order valence-electron chi connectivity index (χ3n) is 3.50. The molecule has 0 N–H and O–H groups in total. The summed E-state index contributed by atoms with van der Waals surface area (Å²) in [6.07, 6.45) is 7.57. The van der Waals surface area contributed by atoms with Crippen LogP contribution in [0.2, 0.25) is 5.15 Å². The highest BCUT2D eigenvalue weighted by molar-refractivity contribution is 7.99. The first-order valence-electron chi connectivity index (χ1n) is 7.34. The second kappa shape index (κ2) is 7.23. The topological polar surface area (TPSA) is 50.6 Å². The van der Waals surface area contributed by atoms with Crippen LogP contribution in [0.1, 0.15) is 11.4 Å². The molecule has 1 unspecified atom stereocenters. The van der Waals surface area contributed by atoms with Crippen molar-refractivity contribution in [2.24, 2.45) is 4.99 Å². The first-order chi connectivity index (χ1) is 11.6. The second-order valence-electron chi connectivity index (χ2n) is 5.29. The predicted octanol–water partition coefficient (Wildman–Crippen LogP) is 4.23. The predicted molar refractivity (Wildman–Crippen MR) is 99.8 cm³/mol. The lowest BCUT2D eigenvalue weighted by Crippen LogP contribution is -2.25. The molecule has 0 fully saturated rings. The minimum Gasteiger partial charge on any atom is -0.455 e. The van der Waals surface area contributed by atoms with Gasteiger partial charge in [-0.15, -0.1) is 11.8 Å². The van der Waals surface area contributed by atoms with Crippen LogP contribution in [0.25, 0.3) is 5.57 Å². The second-order valence-corrected chi connectivity index (χ2v) is 6.57. The lowest BCUT2D eigenvalue weighted by Gasteiger charge is -2.25. The number of allylic oxidation sites excluding steroid dienone is 1. The van der Waals surface area contributed by atoms with Gasteiger partial charge in [-0.1, -0.05) is 11.6 Å². The van der Waals surface area contributed by atoms with E-state index in [1.165, 1.54) is 0 Å². The van der Waals surface area contributed by atoms with Crippen LogP contribution in [-0.2, 0) is 0 Å². The van der Waals surface area contributed by atoms with Gasteiger partial charge in [0, 0.05) is 37.3 Å². The molecule has 24 heavy (non-hydrogen) atoms. The van der Waals surface area contributed by atoms with Gasteiger partial charge >= 0.3 is 0 Å². The molecule has 3 heterocycles. The summed E-state index contributed by atoms with van der Waals surface area (Å²) in [6.45, 7) is 1.91. The molecule has 7 heteroatoms. The highest BCUT2D eigenvalue weighted by Gasteiger charge is 2.15. The van der Waals surface area contributed by atoms with Crippen molar-refractivity contribution in [1.29, 1.82) is 0 Å². The Labute approximate surface area is 150 Å². The Hall–Kier alpha value is -2.05. The number of hydrogen-bond acceptors (Lipinski definition) is 6. The van der Waals surface area contributed by atoms with Crippen molar-refractivity contribution in [2.75, 3.05) is 13.3 Å². The molecule has 0 bridgehead atoms. The number of ether oxygens (including phenoxy) is 1. The van der Waals surface area contributed by atoms with Crippen molar-refractivity contribution in [3.05, 3.63) is 53.2 Å². The van der Waals surface area contributed by atoms with Crippen LogP contribution in [0.5, 0.6) is 11.5 Å². The van der Waals surface area contributed by atoms with Crippen LogP contribution in [-0.4, -0.2) is 39.9 Å². The molecule has 1 aliphatic rings. The van der Waals surface area contributed by atoms with Gasteiger partial charge in [0.25, 0.3) is 0 Å². The molecule has 124 valence electrons. The number of rotatable bonds is 4. The Morgan fingerprint density at radius 2 is 2.12 bits per heavy atom. The zero-order valence-electron chi connectivity index (χ0n) is 13.6. The van der Waals surface area contributed by atoms with Gasteiger partial charge in [-0.3, -0.25) is 4.99 Å². The van der Waals surface area contributed by atoms with E-state index >= 15 is 0 Å². The maximum Gasteiger partial charge on any atom is 0.168 e. The normalized spacial score (nSPS) is 16.9. The first kappa shape index (κ1) is 16.8. The lowest BCUT2D eigenvalue weighted by molar-refractivity contribution is 0.438. The molecule has 1 aliphatic heterocycles. The van der Waals surface area contributed by atoms with Gasteiger partial charge in [0.15, 0.2) is 5.50 Å². The molecule has 0 saturated carbocycles. The van der Waals surface area contributed by atoms with Crippen LogP contribution in [0, 0.1) is 6.92 Å². The summed E-state index contributed by atoms with van der Waals surface area (Å²) in [4.78, 5) is 15.2. The van der Waals surface area contributed by atoms with Crippen molar-refractivity contribution in [1.82, 2.24) is 14.9 Å². The molecule has 0 saturated heterocycles. The van der Waals surface area contributed by atoms with Crippen molar-refractivity contribution in [3.8, 4) is 11.5 Å². The van der Waals surface area contributed by atoms with Crippen LogP contribution in [0.4, 0.5) is 0 Å². The molecule has 0 aliphatic carbocycles. The Balaban J connectivity index is 1.82. The first-order valence-corrected chi connectivity index (χ1v) is 9.00. The van der Waals surface area contributed by atoms with Gasteiger partial charge in [0.05, 0.1) is 11.4 Å². The van der Waals surface area contributed by atoms with Crippen molar-refractivity contribution in [2.45, 2.75) is 12.4 Å². The minimum atomic E-state index is 0.119. The fraction of sp³-hybridized carbons (Fsp3) is 0.235. The van der Waals surface area contributed by atoms with E-state index in [2.05, 4.69) is 26.1 Å². The van der Waals surface area contributed by atoms with Crippen LogP contribution < -0.4 is 4.74 Å². The van der Waals surface area contributed by atoms with Gasteiger partial charge < -0.3 is 9.64 Å². The Bertz CT molecular complexity index is 809. The minimum absolute atomic E-state index is 0.119. The third-order valence-corrected chi connectivity index (χ3v) is 4.58. The van der Waals surface area contributed by atoms with Gasteiger partial charge in [-0.2, -0.15) is 0 Å². The molecule has 0 radical (unpaired) electrons. The maximum atomic E-state index is 5.88. The molecule has 1 atom stereocenters. The molecule has 0 spiro atoms. The van der Waals surface area contributed by atoms with E-state index in [9.17, 15) is 0 Å². The average molecular weight is 361 g/mol. The molecule has 2 aromatic rings. The monoisotopic (exact) mass is 360 g/mol. The van der Waals surface area contributed by atoms with E-state index in [0.717, 1.165) is 17.0 Å². The number of aromatic nitrogens is 2. The summed E-state index contributed by atoms with van der Waals surface area (Å²) in [6, 6.07) is 7.26. The van der Waals surface area contributed by atoms with E-state index in [1.807, 2.05) is 38.6 Å². The number of hydrogen-bond donors (Lipinski definition) is 0. The fourth-order valence-corrected chi connectivity index (χ4v) is 3.06. The Kier molecular flexibility index (Phi) is 5.06. The van der Waals surface area contributed by atoms with Gasteiger partial charge in [-0.25, -0.2) is 9.97 Å². The quantitative estimate of drug-likeness (QED) is 0.763. The highest BCUT2D eigenvalue weighted by Crippen LogP contribution is 2.28. The van der Waals surface area contributed by atoms with Gasteiger partial charge in [0.1, 0.15) is 16.7 Å². The zero-order chi connectivity index (χ0) is 17.1. The molecular weight excluding hydrogens is 344 g/mol. The van der Waals surface area contributed by atoms with Crippen molar-refractivity contribution < 1.29 is 4.74 Å². The van der Waals surface area contributed by atoms with Crippen molar-refractivity contribution in [3.63, 3.8) is 0 Å². The Morgan fingerprint density at radius 1 is 1.29 bits per heavy atom. The summed E-state index contributed by atoms with van der Waals surface area (Å²) in [7, 11) is 2.01. The van der Waals surface area contributed by atoms with E-state index < -0.39 is 0 Å². The SMILES string of the molecule is CSC1N=CC(c2ccc(Oc3ccnc(Cl)c3)c(C)n2)=CN1C. The number of halogens is 1. The van der Waals surface area contributed by atoms with Crippen LogP contribution in [0.3, 0.4) is 0 Å². The zero-order valence-corrected chi connectivity index (χ0v) is 15.2. The lowest BCUT2D eigenvalue weighted by atomic mass is 10.1. The third kappa shape index (κ3) is 3.71. The van der Waals surface area contributed by atoms with E-state index in [-0.39, 0.29) is 5.50 Å². The smallest absolute Gasteiger partial charge is 0.168 e. The summed E-state index contributed by atoms with van der Waals surface area (Å²) in [5.74, 6) is 1.32. The number of nitrogens with zero attached hydrogens (tertiary/aromatic N) is 4. The highest BCUT2D eigenvalue weighted by atomic mass is 35.5. The van der Waals surface area contributed by atoms with Crippen LogP contribution in [0.15, 0.2) is 41.7 Å². The number of aryl methyl sites for hydroxylation is 1. The van der Waals surface area contributed by atoms with E-state index in [4.69, 9.17) is 16.3 Å². The van der Waals surface area contributed by atoms with E-state index in [0.29, 0.717) is 16.7 Å². The fourth-order valence-electron chi connectivity index (χ4n) is 2.32. The summed E-state index contributed by atoms with van der Waals surface area (Å²) in [5, 5.41) is 0.393. The summed E-state index contributed by atoms with van der Waals surface area (Å²) < 4.78 is 5.83. The molecule has 3 rings (SSSR count). The average Bonchev–Trinajstić information content (AvgIpc) is 2.56. The largest absolute Gasteiger partial charge is 0.455 e. The molecular formula is C17H17ClN4OS. The molecule has 2 aromatic heterocycles. The van der Waals surface area contributed by atoms with Gasteiger partial charge in [-0.05, 0) is 31.4 Å².